The van der Waals surface area contributed by atoms with Crippen molar-refractivity contribution in [1.29, 1.82) is 0 Å². The van der Waals surface area contributed by atoms with Gasteiger partial charge in [-0.2, -0.15) is 8.42 Å². The zero-order valence-corrected chi connectivity index (χ0v) is 22.8. The Morgan fingerprint density at radius 3 is 2.27 bits per heavy atom. The van der Waals surface area contributed by atoms with Crippen LogP contribution in [-0.2, 0) is 38.0 Å². The van der Waals surface area contributed by atoms with E-state index in [-0.39, 0.29) is 22.8 Å². The molecule has 2 fully saturated rings. The third-order valence-corrected chi connectivity index (χ3v) is 8.02. The summed E-state index contributed by atoms with van der Waals surface area (Å²) in [5.74, 6) is -0.881. The summed E-state index contributed by atoms with van der Waals surface area (Å²) in [5, 5.41) is 11.0. The Kier molecular flexibility index (Phi) is 8.45. The summed E-state index contributed by atoms with van der Waals surface area (Å²) in [4.78, 5) is 23.6. The van der Waals surface area contributed by atoms with E-state index in [1.807, 2.05) is 13.0 Å². The Hall–Kier alpha value is -3.72. The average Bonchev–Trinajstić information content (AvgIpc) is 2.98. The first kappa shape index (κ1) is 28.8. The van der Waals surface area contributed by atoms with Gasteiger partial charge < -0.3 is 23.7 Å². The molecule has 0 radical (unpaired) electrons. The summed E-state index contributed by atoms with van der Waals surface area (Å²) in [7, 11) is -3.09. The van der Waals surface area contributed by atoms with E-state index in [1.165, 1.54) is 31.4 Å². The molecule has 0 spiro atoms. The maximum absolute atomic E-state index is 13.3. The number of nitrogens with zero attached hydrogens (tertiary/aromatic N) is 1. The minimum Gasteiger partial charge on any atom is -0.453 e. The SMILES string of the molecule is CO[C@H]1O[C@@H]2CO[C@H](c3ccccc3)O[C@@H]2[C@H](OC(=O)c2ccc([N+](=O)[O-])cc2)[C@@H]1OS(=O)(=O)c1ccc(C)cc1. The molecular formula is C28H27NO11S. The zero-order valence-electron chi connectivity index (χ0n) is 22.0. The number of nitro benzene ring substituents is 1. The lowest BCUT2D eigenvalue weighted by molar-refractivity contribution is -0.384. The number of hydrogen-bond donors (Lipinski definition) is 0. The van der Waals surface area contributed by atoms with Crippen LogP contribution in [0.1, 0.15) is 27.8 Å². The highest BCUT2D eigenvalue weighted by Crippen LogP contribution is 2.38. The van der Waals surface area contributed by atoms with Crippen molar-refractivity contribution in [1.82, 2.24) is 0 Å². The maximum Gasteiger partial charge on any atom is 0.338 e. The third-order valence-electron chi connectivity index (χ3n) is 6.69. The van der Waals surface area contributed by atoms with Crippen molar-refractivity contribution in [3.8, 4) is 0 Å². The molecule has 216 valence electrons. The van der Waals surface area contributed by atoms with E-state index in [0.29, 0.717) is 5.56 Å². The molecule has 12 nitrogen and oxygen atoms in total. The van der Waals surface area contributed by atoms with Crippen LogP contribution in [0, 0.1) is 17.0 Å². The number of carbonyl (C=O) groups excluding carboxylic acids is 1. The average molecular weight is 586 g/mol. The molecule has 2 aliphatic rings. The van der Waals surface area contributed by atoms with Crippen molar-refractivity contribution in [3.63, 3.8) is 0 Å². The number of carbonyl (C=O) groups is 1. The highest BCUT2D eigenvalue weighted by molar-refractivity contribution is 7.86. The monoisotopic (exact) mass is 585 g/mol. The quantitative estimate of drug-likeness (QED) is 0.165. The number of aryl methyl sites for hydroxylation is 1. The Bertz CT molecular complexity index is 1480. The molecule has 2 heterocycles. The Balaban J connectivity index is 1.49. The van der Waals surface area contributed by atoms with Crippen molar-refractivity contribution >= 4 is 21.8 Å². The van der Waals surface area contributed by atoms with Gasteiger partial charge in [0, 0.05) is 24.8 Å². The Morgan fingerprint density at radius 2 is 1.63 bits per heavy atom. The highest BCUT2D eigenvalue weighted by Gasteiger charge is 2.54. The molecule has 0 amide bonds. The van der Waals surface area contributed by atoms with Crippen LogP contribution in [0.25, 0.3) is 0 Å². The molecule has 13 heteroatoms. The summed E-state index contributed by atoms with van der Waals surface area (Å²) in [6, 6.07) is 19.9. The van der Waals surface area contributed by atoms with E-state index in [2.05, 4.69) is 0 Å². The lowest BCUT2D eigenvalue weighted by atomic mass is 9.97. The highest BCUT2D eigenvalue weighted by atomic mass is 32.2. The summed E-state index contributed by atoms with van der Waals surface area (Å²) >= 11 is 0. The molecule has 0 aliphatic carbocycles. The van der Waals surface area contributed by atoms with Gasteiger partial charge in [0.05, 0.1) is 22.0 Å². The van der Waals surface area contributed by atoms with Gasteiger partial charge in [-0.1, -0.05) is 48.0 Å². The fourth-order valence-corrected chi connectivity index (χ4v) is 5.64. The van der Waals surface area contributed by atoms with E-state index < -0.39 is 58.0 Å². The molecule has 6 atom stereocenters. The molecule has 3 aromatic rings. The van der Waals surface area contributed by atoms with Crippen molar-refractivity contribution in [3.05, 3.63) is 106 Å². The van der Waals surface area contributed by atoms with Gasteiger partial charge in [-0.3, -0.25) is 14.3 Å². The van der Waals surface area contributed by atoms with Gasteiger partial charge in [-0.25, -0.2) is 4.79 Å². The summed E-state index contributed by atoms with van der Waals surface area (Å²) in [5.41, 5.74) is 1.32. The second kappa shape index (κ2) is 12.0. The van der Waals surface area contributed by atoms with E-state index in [0.717, 1.165) is 17.7 Å². The predicted octanol–water partition coefficient (Wildman–Crippen LogP) is 3.69. The minimum absolute atomic E-state index is 0.000538. The van der Waals surface area contributed by atoms with Crippen LogP contribution in [-0.4, -0.2) is 63.7 Å². The maximum atomic E-state index is 13.3. The smallest absolute Gasteiger partial charge is 0.338 e. The first-order valence-corrected chi connectivity index (χ1v) is 14.0. The predicted molar refractivity (Wildman–Crippen MR) is 141 cm³/mol. The van der Waals surface area contributed by atoms with Crippen molar-refractivity contribution in [2.24, 2.45) is 0 Å². The van der Waals surface area contributed by atoms with E-state index in [9.17, 15) is 23.3 Å². The van der Waals surface area contributed by atoms with E-state index in [1.54, 1.807) is 36.4 Å². The van der Waals surface area contributed by atoms with Crippen LogP contribution in [0.4, 0.5) is 5.69 Å². The molecule has 0 N–H and O–H groups in total. The fourth-order valence-electron chi connectivity index (χ4n) is 4.57. The number of fused-ring (bicyclic) bond motifs is 1. The Morgan fingerprint density at radius 1 is 0.951 bits per heavy atom. The number of benzene rings is 3. The summed E-state index contributed by atoms with van der Waals surface area (Å²) < 4.78 is 61.6. The van der Waals surface area contributed by atoms with Gasteiger partial charge in [0.2, 0.25) is 0 Å². The van der Waals surface area contributed by atoms with Gasteiger partial charge >= 0.3 is 5.97 Å². The van der Waals surface area contributed by atoms with Gasteiger partial charge in [0.25, 0.3) is 15.8 Å². The van der Waals surface area contributed by atoms with Crippen molar-refractivity contribution in [2.75, 3.05) is 13.7 Å². The molecule has 5 rings (SSSR count). The second-order valence-corrected chi connectivity index (χ2v) is 11.0. The molecule has 0 saturated carbocycles. The Labute approximate surface area is 236 Å². The number of methoxy groups -OCH3 is 1. The first-order valence-electron chi connectivity index (χ1n) is 12.6. The number of non-ortho nitro benzene ring substituents is 1. The number of nitro groups is 1. The topological polar surface area (TPSA) is 150 Å². The fraction of sp³-hybridized carbons (Fsp3) is 0.321. The minimum atomic E-state index is -4.38. The number of hydrogen-bond acceptors (Lipinski definition) is 11. The van der Waals surface area contributed by atoms with Gasteiger partial charge in [-0.15, -0.1) is 0 Å². The van der Waals surface area contributed by atoms with Crippen molar-refractivity contribution in [2.45, 2.75) is 48.8 Å². The van der Waals surface area contributed by atoms with E-state index in [4.69, 9.17) is 27.9 Å². The van der Waals surface area contributed by atoms with Gasteiger partial charge in [0.1, 0.15) is 12.2 Å². The van der Waals surface area contributed by atoms with Gasteiger partial charge in [0.15, 0.2) is 24.8 Å². The molecule has 0 bridgehead atoms. The second-order valence-electron chi connectivity index (χ2n) is 9.46. The molecule has 41 heavy (non-hydrogen) atoms. The molecule has 2 saturated heterocycles. The van der Waals surface area contributed by atoms with Gasteiger partial charge in [-0.05, 0) is 31.2 Å². The van der Waals surface area contributed by atoms with Crippen LogP contribution >= 0.6 is 0 Å². The third kappa shape index (κ3) is 6.30. The molecule has 0 aromatic heterocycles. The normalized spacial score (nSPS) is 26.1. The lowest BCUT2D eigenvalue weighted by Crippen LogP contribution is -2.64. The van der Waals surface area contributed by atoms with Crippen LogP contribution < -0.4 is 0 Å². The lowest BCUT2D eigenvalue weighted by Gasteiger charge is -2.47. The molecule has 0 unspecified atom stereocenters. The van der Waals surface area contributed by atoms with Crippen LogP contribution in [0.15, 0.2) is 83.8 Å². The largest absolute Gasteiger partial charge is 0.453 e. The first-order chi connectivity index (χ1) is 19.7. The molecule has 2 aliphatic heterocycles. The number of rotatable bonds is 8. The van der Waals surface area contributed by atoms with Crippen molar-refractivity contribution < 1.29 is 46.0 Å². The summed E-state index contributed by atoms with van der Waals surface area (Å²) in [6.07, 6.45) is -6.82. The van der Waals surface area contributed by atoms with E-state index >= 15 is 0 Å². The molecular weight excluding hydrogens is 558 g/mol. The van der Waals surface area contributed by atoms with Crippen LogP contribution in [0.2, 0.25) is 0 Å². The van der Waals surface area contributed by atoms with Crippen LogP contribution in [0.3, 0.4) is 0 Å². The summed E-state index contributed by atoms with van der Waals surface area (Å²) in [6.45, 7) is 1.83. The van der Waals surface area contributed by atoms with Crippen LogP contribution in [0.5, 0.6) is 0 Å². The number of ether oxygens (including phenoxy) is 5. The zero-order chi connectivity index (χ0) is 29.1. The molecule has 3 aromatic carbocycles. The number of esters is 1. The standard InChI is InChI=1S/C28H27NO11S/c1-17-8-14-21(15-9-17)41(33,34)40-25-24(38-26(30)18-10-12-20(13-11-18)29(31)32)23-22(37-28(25)35-2)16-36-27(39-23)19-6-4-3-5-7-19/h3-15,22-25,27-28H,16H2,1-2H3/t22-,23+,24+,25+,27+,28+/m1/s1.